The number of carbonyl (C=O) groups excluding carboxylic acids is 2. The fourth-order valence-electron chi connectivity index (χ4n) is 4.07. The number of nitrogens with zero attached hydrogens (tertiary/aromatic N) is 4. The Balaban J connectivity index is 1.37. The number of carbonyl (C=O) groups is 2. The molecule has 8 heteroatoms. The standard InChI is InChI=1S/C22H26ClN5O2/c1-15-19(22(30)26-18-6-4-17(23)5-7-18)12-24-21(25-15)16-8-11-28(13-16)20(29)14-27-9-2-3-10-27/h4-7,12,16H,2-3,8-11,13-14H2,1H3,(H,26,30)/t16-/m0/s1. The Labute approximate surface area is 181 Å². The van der Waals surface area contributed by atoms with Crippen LogP contribution in [0.3, 0.4) is 0 Å². The van der Waals surface area contributed by atoms with Gasteiger partial charge in [-0.1, -0.05) is 11.6 Å². The van der Waals surface area contributed by atoms with Crippen molar-refractivity contribution in [1.29, 1.82) is 0 Å². The average molecular weight is 428 g/mol. The van der Waals surface area contributed by atoms with Crippen molar-refractivity contribution in [3.8, 4) is 0 Å². The highest BCUT2D eigenvalue weighted by Crippen LogP contribution is 2.26. The van der Waals surface area contributed by atoms with Crippen LogP contribution < -0.4 is 5.32 Å². The van der Waals surface area contributed by atoms with Gasteiger partial charge in [0, 0.05) is 35.9 Å². The zero-order valence-electron chi connectivity index (χ0n) is 17.1. The molecule has 2 aromatic rings. The van der Waals surface area contributed by atoms with Crippen LogP contribution in [0.2, 0.25) is 5.02 Å². The van der Waals surface area contributed by atoms with E-state index in [1.54, 1.807) is 30.5 Å². The van der Waals surface area contributed by atoms with Gasteiger partial charge in [0.2, 0.25) is 5.91 Å². The molecule has 2 saturated heterocycles. The Morgan fingerprint density at radius 2 is 1.90 bits per heavy atom. The molecule has 1 N–H and O–H groups in total. The van der Waals surface area contributed by atoms with E-state index in [1.807, 2.05) is 11.8 Å². The van der Waals surface area contributed by atoms with E-state index in [9.17, 15) is 9.59 Å². The molecule has 4 rings (SSSR count). The summed E-state index contributed by atoms with van der Waals surface area (Å²) in [5.41, 5.74) is 1.73. The normalized spacial score (nSPS) is 19.3. The molecule has 0 spiro atoms. The highest BCUT2D eigenvalue weighted by Gasteiger charge is 2.30. The van der Waals surface area contributed by atoms with E-state index in [4.69, 9.17) is 11.6 Å². The summed E-state index contributed by atoms with van der Waals surface area (Å²) >= 11 is 5.88. The van der Waals surface area contributed by atoms with Crippen molar-refractivity contribution in [2.45, 2.75) is 32.1 Å². The summed E-state index contributed by atoms with van der Waals surface area (Å²) in [6.45, 7) is 5.74. The molecule has 0 saturated carbocycles. The second-order valence-electron chi connectivity index (χ2n) is 8.00. The number of rotatable bonds is 5. The molecule has 158 valence electrons. The van der Waals surface area contributed by atoms with Crippen LogP contribution in [-0.4, -0.2) is 64.3 Å². The maximum Gasteiger partial charge on any atom is 0.259 e. The van der Waals surface area contributed by atoms with E-state index in [1.165, 1.54) is 12.8 Å². The Hall–Kier alpha value is -2.51. The molecule has 2 aliphatic heterocycles. The lowest BCUT2D eigenvalue weighted by Crippen LogP contribution is -2.38. The largest absolute Gasteiger partial charge is 0.341 e. The fourth-order valence-corrected chi connectivity index (χ4v) is 4.19. The summed E-state index contributed by atoms with van der Waals surface area (Å²) < 4.78 is 0. The lowest BCUT2D eigenvalue weighted by atomic mass is 10.1. The van der Waals surface area contributed by atoms with Crippen LogP contribution in [0.25, 0.3) is 0 Å². The SMILES string of the molecule is Cc1nc([C@H]2CCN(C(=O)CN3CCCC3)C2)ncc1C(=O)Nc1ccc(Cl)cc1. The first kappa shape index (κ1) is 20.8. The summed E-state index contributed by atoms with van der Waals surface area (Å²) in [5, 5.41) is 3.45. The van der Waals surface area contributed by atoms with Crippen LogP contribution in [-0.2, 0) is 4.79 Å². The van der Waals surface area contributed by atoms with Gasteiger partial charge in [-0.3, -0.25) is 14.5 Å². The van der Waals surface area contributed by atoms with Gasteiger partial charge in [-0.2, -0.15) is 0 Å². The number of likely N-dealkylation sites (tertiary alicyclic amines) is 2. The van der Waals surface area contributed by atoms with Crippen LogP contribution in [0.5, 0.6) is 0 Å². The molecule has 30 heavy (non-hydrogen) atoms. The third-order valence-electron chi connectivity index (χ3n) is 5.81. The van der Waals surface area contributed by atoms with E-state index < -0.39 is 0 Å². The third kappa shape index (κ3) is 4.79. The number of amides is 2. The summed E-state index contributed by atoms with van der Waals surface area (Å²) in [6.07, 6.45) is 4.79. The Morgan fingerprint density at radius 3 is 2.60 bits per heavy atom. The number of benzene rings is 1. The number of halogens is 1. The summed E-state index contributed by atoms with van der Waals surface area (Å²) in [5.74, 6) is 0.747. The van der Waals surface area contributed by atoms with Crippen molar-refractivity contribution < 1.29 is 9.59 Å². The van der Waals surface area contributed by atoms with Gasteiger partial charge in [-0.25, -0.2) is 9.97 Å². The maximum atomic E-state index is 12.6. The first-order valence-corrected chi connectivity index (χ1v) is 10.8. The van der Waals surface area contributed by atoms with Crippen molar-refractivity contribution in [3.05, 3.63) is 52.6 Å². The Morgan fingerprint density at radius 1 is 1.17 bits per heavy atom. The van der Waals surface area contributed by atoms with E-state index >= 15 is 0 Å². The molecule has 2 aliphatic rings. The number of hydrogen-bond donors (Lipinski definition) is 1. The van der Waals surface area contributed by atoms with E-state index in [-0.39, 0.29) is 17.7 Å². The van der Waals surface area contributed by atoms with Crippen molar-refractivity contribution in [2.75, 3.05) is 38.0 Å². The molecule has 0 unspecified atom stereocenters. The molecular formula is C22H26ClN5O2. The van der Waals surface area contributed by atoms with Crippen molar-refractivity contribution in [1.82, 2.24) is 19.8 Å². The van der Waals surface area contributed by atoms with Gasteiger partial charge in [-0.05, 0) is 63.5 Å². The van der Waals surface area contributed by atoms with Gasteiger partial charge >= 0.3 is 0 Å². The number of aromatic nitrogens is 2. The summed E-state index contributed by atoms with van der Waals surface area (Å²) in [6, 6.07) is 6.94. The van der Waals surface area contributed by atoms with Gasteiger partial charge in [0.1, 0.15) is 5.82 Å². The molecule has 1 atom stereocenters. The molecule has 0 radical (unpaired) electrons. The zero-order valence-corrected chi connectivity index (χ0v) is 17.9. The Bertz CT molecular complexity index is 928. The van der Waals surface area contributed by atoms with Crippen molar-refractivity contribution in [3.63, 3.8) is 0 Å². The minimum Gasteiger partial charge on any atom is -0.341 e. The lowest BCUT2D eigenvalue weighted by Gasteiger charge is -2.20. The van der Waals surface area contributed by atoms with E-state index in [0.29, 0.717) is 40.9 Å². The monoisotopic (exact) mass is 427 g/mol. The second kappa shape index (κ2) is 9.10. The molecule has 1 aromatic carbocycles. The first-order chi connectivity index (χ1) is 14.5. The quantitative estimate of drug-likeness (QED) is 0.793. The number of nitrogens with one attached hydrogen (secondary N) is 1. The highest BCUT2D eigenvalue weighted by molar-refractivity contribution is 6.30. The minimum atomic E-state index is -0.254. The lowest BCUT2D eigenvalue weighted by molar-refractivity contribution is -0.131. The molecular weight excluding hydrogens is 402 g/mol. The number of hydrogen-bond acceptors (Lipinski definition) is 5. The van der Waals surface area contributed by atoms with Crippen LogP contribution in [0.1, 0.15) is 47.1 Å². The molecule has 0 aliphatic carbocycles. The van der Waals surface area contributed by atoms with Crippen molar-refractivity contribution >= 4 is 29.1 Å². The minimum absolute atomic E-state index is 0.111. The van der Waals surface area contributed by atoms with Gasteiger partial charge in [0.25, 0.3) is 5.91 Å². The molecule has 2 amide bonds. The average Bonchev–Trinajstić information content (AvgIpc) is 3.41. The fraction of sp³-hybridized carbons (Fsp3) is 0.455. The Kier molecular flexibility index (Phi) is 6.29. The van der Waals surface area contributed by atoms with Crippen molar-refractivity contribution in [2.24, 2.45) is 0 Å². The van der Waals surface area contributed by atoms with Gasteiger partial charge < -0.3 is 10.2 Å². The highest BCUT2D eigenvalue weighted by atomic mass is 35.5. The predicted octanol–water partition coefficient (Wildman–Crippen LogP) is 3.10. The molecule has 7 nitrogen and oxygen atoms in total. The van der Waals surface area contributed by atoms with Crippen LogP contribution in [0.4, 0.5) is 5.69 Å². The molecule has 3 heterocycles. The first-order valence-electron chi connectivity index (χ1n) is 10.4. The number of anilines is 1. The second-order valence-corrected chi connectivity index (χ2v) is 8.43. The van der Waals surface area contributed by atoms with Gasteiger partial charge in [0.05, 0.1) is 17.8 Å². The summed E-state index contributed by atoms with van der Waals surface area (Å²) in [7, 11) is 0. The summed E-state index contributed by atoms with van der Waals surface area (Å²) in [4.78, 5) is 38.3. The maximum absolute atomic E-state index is 12.6. The molecule has 0 bridgehead atoms. The van der Waals surface area contributed by atoms with Gasteiger partial charge in [0.15, 0.2) is 0 Å². The predicted molar refractivity (Wildman–Crippen MR) is 116 cm³/mol. The number of aryl methyl sites for hydroxylation is 1. The third-order valence-corrected chi connectivity index (χ3v) is 6.06. The van der Waals surface area contributed by atoms with E-state index in [2.05, 4.69) is 20.2 Å². The van der Waals surface area contributed by atoms with E-state index in [0.717, 1.165) is 26.1 Å². The molecule has 2 fully saturated rings. The van der Waals surface area contributed by atoms with Gasteiger partial charge in [-0.15, -0.1) is 0 Å². The van der Waals surface area contributed by atoms with Crippen LogP contribution >= 0.6 is 11.6 Å². The van der Waals surface area contributed by atoms with Crippen LogP contribution in [0.15, 0.2) is 30.5 Å². The van der Waals surface area contributed by atoms with Crippen LogP contribution in [0, 0.1) is 6.92 Å². The topological polar surface area (TPSA) is 78.4 Å². The zero-order chi connectivity index (χ0) is 21.1. The smallest absolute Gasteiger partial charge is 0.259 e. The molecule has 1 aromatic heterocycles.